The van der Waals surface area contributed by atoms with Crippen molar-refractivity contribution < 1.29 is 9.53 Å². The van der Waals surface area contributed by atoms with E-state index in [0.29, 0.717) is 25.0 Å². The van der Waals surface area contributed by atoms with Gasteiger partial charge in [-0.1, -0.05) is 56.7 Å². The molecule has 1 heterocycles. The fraction of sp³-hybridized carbons (Fsp3) is 0.517. The van der Waals surface area contributed by atoms with Gasteiger partial charge in [-0.05, 0) is 61.9 Å². The van der Waals surface area contributed by atoms with E-state index in [1.165, 1.54) is 51.4 Å². The van der Waals surface area contributed by atoms with E-state index in [1.54, 1.807) is 0 Å². The maximum absolute atomic E-state index is 13.2. The second-order valence-electron chi connectivity index (χ2n) is 10.4. The van der Waals surface area contributed by atoms with Gasteiger partial charge in [0, 0.05) is 30.6 Å². The molecule has 1 amide bonds. The largest absolute Gasteiger partial charge is 0.457 e. The molecule has 1 aliphatic heterocycles. The number of guanidine groups is 1. The van der Waals surface area contributed by atoms with Crippen LogP contribution in [0.1, 0.15) is 69.8 Å². The number of benzene rings is 2. The molecule has 0 aromatic heterocycles. The van der Waals surface area contributed by atoms with Crippen LogP contribution in [0, 0.1) is 11.8 Å². The zero-order chi connectivity index (χ0) is 24.0. The van der Waals surface area contributed by atoms with Crippen LogP contribution in [0.5, 0.6) is 11.5 Å². The predicted molar refractivity (Wildman–Crippen MR) is 140 cm³/mol. The molecule has 2 fully saturated rings. The number of aliphatic imine (C=N–C) groups is 1. The molecule has 0 unspecified atom stereocenters. The Labute approximate surface area is 208 Å². The first-order valence-electron chi connectivity index (χ1n) is 13.4. The highest BCUT2D eigenvalue weighted by Gasteiger charge is 2.31. The molecule has 0 saturated heterocycles. The van der Waals surface area contributed by atoms with Crippen LogP contribution in [0.3, 0.4) is 0 Å². The van der Waals surface area contributed by atoms with Crippen molar-refractivity contribution in [1.82, 2.24) is 10.2 Å². The van der Waals surface area contributed by atoms with Gasteiger partial charge in [-0.2, -0.15) is 0 Å². The van der Waals surface area contributed by atoms with Crippen molar-refractivity contribution in [2.75, 3.05) is 6.54 Å². The Bertz CT molecular complexity index is 1030. The zero-order valence-corrected chi connectivity index (χ0v) is 20.6. The van der Waals surface area contributed by atoms with Crippen molar-refractivity contribution >= 4 is 17.6 Å². The summed E-state index contributed by atoms with van der Waals surface area (Å²) in [5.41, 5.74) is 8.42. The van der Waals surface area contributed by atoms with Gasteiger partial charge in [-0.15, -0.1) is 0 Å². The minimum Gasteiger partial charge on any atom is -0.457 e. The first kappa shape index (κ1) is 23.7. The van der Waals surface area contributed by atoms with Crippen LogP contribution in [-0.4, -0.2) is 29.4 Å². The number of para-hydroxylation sites is 1. The third-order valence-electron chi connectivity index (χ3n) is 7.89. The number of ether oxygens (including phenoxy) is 1. The quantitative estimate of drug-likeness (QED) is 0.525. The molecule has 0 spiro atoms. The Morgan fingerprint density at radius 3 is 2.43 bits per heavy atom. The molecule has 5 rings (SSSR count). The van der Waals surface area contributed by atoms with Gasteiger partial charge >= 0.3 is 0 Å². The number of carbonyl (C=O) groups excluding carboxylic acids is 1. The molecule has 2 aromatic rings. The van der Waals surface area contributed by atoms with Gasteiger partial charge in [0.05, 0.1) is 5.69 Å². The van der Waals surface area contributed by atoms with Crippen molar-refractivity contribution in [1.29, 1.82) is 0 Å². The highest BCUT2D eigenvalue weighted by molar-refractivity contribution is 5.84. The first-order chi connectivity index (χ1) is 17.2. The van der Waals surface area contributed by atoms with E-state index >= 15 is 0 Å². The van der Waals surface area contributed by atoms with E-state index in [-0.39, 0.29) is 17.9 Å². The van der Waals surface area contributed by atoms with Crippen molar-refractivity contribution in [3.05, 3.63) is 54.1 Å². The second-order valence-corrected chi connectivity index (χ2v) is 10.4. The summed E-state index contributed by atoms with van der Waals surface area (Å²) in [5, 5.41) is 3.48. The number of nitrogens with zero attached hydrogens (tertiary/aromatic N) is 2. The summed E-state index contributed by atoms with van der Waals surface area (Å²) < 4.78 is 6.05. The van der Waals surface area contributed by atoms with Crippen LogP contribution in [0.15, 0.2) is 53.5 Å². The number of hydrogen-bond donors (Lipinski definition) is 2. The summed E-state index contributed by atoms with van der Waals surface area (Å²) in [6, 6.07) is 15.9. The molecule has 3 N–H and O–H groups in total. The van der Waals surface area contributed by atoms with E-state index in [4.69, 9.17) is 15.5 Å². The van der Waals surface area contributed by atoms with Crippen LogP contribution in [0.2, 0.25) is 0 Å². The summed E-state index contributed by atoms with van der Waals surface area (Å²) in [4.78, 5) is 20.0. The number of fused-ring (bicyclic) bond motifs is 1. The standard InChI is InChI=1S/C29H38N4O2/c30-29-32-26-17-16-25(35-24-14-8-3-9-15-24)18-23(26)19-33(29)20-27(21-10-4-1-5-11-21)31-28(34)22-12-6-2-7-13-22/h3,8-9,14-18,21-22,27H,1-2,4-7,10-13,19-20H2,(H2,30,32)(H,31,34)/t27-/m0/s1. The molecule has 186 valence electrons. The summed E-state index contributed by atoms with van der Waals surface area (Å²) in [7, 11) is 0. The van der Waals surface area contributed by atoms with E-state index in [9.17, 15) is 4.79 Å². The smallest absolute Gasteiger partial charge is 0.223 e. The number of carbonyl (C=O) groups is 1. The topological polar surface area (TPSA) is 80.0 Å². The monoisotopic (exact) mass is 474 g/mol. The first-order valence-corrected chi connectivity index (χ1v) is 13.4. The van der Waals surface area contributed by atoms with E-state index in [1.807, 2.05) is 42.5 Å². The van der Waals surface area contributed by atoms with Crippen LogP contribution < -0.4 is 15.8 Å². The van der Waals surface area contributed by atoms with Crippen molar-refractivity contribution in [3.63, 3.8) is 0 Å². The molecule has 1 atom stereocenters. The second kappa shape index (κ2) is 11.1. The molecule has 2 saturated carbocycles. The van der Waals surface area contributed by atoms with E-state index < -0.39 is 0 Å². The average molecular weight is 475 g/mol. The van der Waals surface area contributed by atoms with Crippen molar-refractivity contribution in [2.24, 2.45) is 22.6 Å². The van der Waals surface area contributed by atoms with Gasteiger partial charge in [0.2, 0.25) is 5.91 Å². The molecular formula is C29H38N4O2. The molecule has 0 bridgehead atoms. The number of amides is 1. The lowest BCUT2D eigenvalue weighted by atomic mass is 9.82. The molecule has 6 nitrogen and oxygen atoms in total. The summed E-state index contributed by atoms with van der Waals surface area (Å²) in [6.45, 7) is 1.36. The Balaban J connectivity index is 1.30. The Kier molecular flexibility index (Phi) is 7.55. The summed E-state index contributed by atoms with van der Waals surface area (Å²) in [6.07, 6.45) is 11.8. The highest BCUT2D eigenvalue weighted by Crippen LogP contribution is 2.33. The molecule has 0 radical (unpaired) electrons. The highest BCUT2D eigenvalue weighted by atomic mass is 16.5. The van der Waals surface area contributed by atoms with Gasteiger partial charge < -0.3 is 20.7 Å². The van der Waals surface area contributed by atoms with E-state index in [2.05, 4.69) is 16.3 Å². The minimum absolute atomic E-state index is 0.101. The van der Waals surface area contributed by atoms with Crippen LogP contribution in [-0.2, 0) is 11.3 Å². The number of hydrogen-bond acceptors (Lipinski definition) is 5. The lowest BCUT2D eigenvalue weighted by Gasteiger charge is -2.37. The van der Waals surface area contributed by atoms with Crippen LogP contribution >= 0.6 is 0 Å². The summed E-state index contributed by atoms with van der Waals surface area (Å²) in [5.74, 6) is 3.04. The van der Waals surface area contributed by atoms with Crippen LogP contribution in [0.25, 0.3) is 0 Å². The Morgan fingerprint density at radius 2 is 1.69 bits per heavy atom. The molecule has 2 aliphatic carbocycles. The molecule has 35 heavy (non-hydrogen) atoms. The van der Waals surface area contributed by atoms with Crippen LogP contribution in [0.4, 0.5) is 5.69 Å². The third-order valence-corrected chi connectivity index (χ3v) is 7.89. The lowest BCUT2D eigenvalue weighted by Crippen LogP contribution is -2.53. The van der Waals surface area contributed by atoms with Gasteiger partial charge in [-0.3, -0.25) is 4.79 Å². The number of nitrogens with one attached hydrogen (secondary N) is 1. The fourth-order valence-corrected chi connectivity index (χ4v) is 5.88. The van der Waals surface area contributed by atoms with Crippen molar-refractivity contribution in [3.8, 4) is 11.5 Å². The van der Waals surface area contributed by atoms with E-state index in [0.717, 1.165) is 35.6 Å². The Hall–Kier alpha value is -3.02. The van der Waals surface area contributed by atoms with Gasteiger partial charge in [-0.25, -0.2) is 4.99 Å². The maximum atomic E-state index is 13.2. The van der Waals surface area contributed by atoms with Gasteiger partial charge in [0.1, 0.15) is 11.5 Å². The Morgan fingerprint density at radius 1 is 0.971 bits per heavy atom. The third kappa shape index (κ3) is 5.98. The molecule has 2 aromatic carbocycles. The molecule has 6 heteroatoms. The minimum atomic E-state index is 0.101. The number of rotatable bonds is 7. The fourth-order valence-electron chi connectivity index (χ4n) is 5.88. The normalized spacial score (nSPS) is 20.0. The number of nitrogens with two attached hydrogens (primary N) is 1. The predicted octanol–water partition coefficient (Wildman–Crippen LogP) is 5.89. The average Bonchev–Trinajstić information content (AvgIpc) is 2.90. The zero-order valence-electron chi connectivity index (χ0n) is 20.6. The molecule has 3 aliphatic rings. The van der Waals surface area contributed by atoms with Crippen molar-refractivity contribution in [2.45, 2.75) is 76.8 Å². The van der Waals surface area contributed by atoms with Gasteiger partial charge in [0.25, 0.3) is 0 Å². The molecular weight excluding hydrogens is 436 g/mol. The van der Waals surface area contributed by atoms with Gasteiger partial charge in [0.15, 0.2) is 5.96 Å². The summed E-state index contributed by atoms with van der Waals surface area (Å²) >= 11 is 0. The lowest BCUT2D eigenvalue weighted by molar-refractivity contribution is -0.127. The SMILES string of the molecule is NC1=Nc2ccc(Oc3ccccc3)cc2CN1C[C@H](NC(=O)C1CCCCC1)C1CCCCC1. The maximum Gasteiger partial charge on any atom is 0.223 e.